The van der Waals surface area contributed by atoms with E-state index in [4.69, 9.17) is 0 Å². The Morgan fingerprint density at radius 3 is 2.84 bits per heavy atom. The first-order valence-electron chi connectivity index (χ1n) is 5.91. The van der Waals surface area contributed by atoms with Crippen LogP contribution in [-0.2, 0) is 20.1 Å². The zero-order chi connectivity index (χ0) is 13.4. The third kappa shape index (κ3) is 2.01. The Bertz CT molecular complexity index is 683. The van der Waals surface area contributed by atoms with Crippen molar-refractivity contribution in [3.8, 4) is 0 Å². The van der Waals surface area contributed by atoms with Crippen molar-refractivity contribution in [3.63, 3.8) is 0 Å². The van der Waals surface area contributed by atoms with Gasteiger partial charge in [0.1, 0.15) is 5.69 Å². The maximum atomic E-state index is 12.3. The van der Waals surface area contributed by atoms with Gasteiger partial charge in [-0.2, -0.15) is 5.10 Å². The predicted octanol–water partition coefficient (Wildman–Crippen LogP) is 0.331. The zero-order valence-electron chi connectivity index (χ0n) is 10.4. The van der Waals surface area contributed by atoms with Crippen molar-refractivity contribution in [2.24, 2.45) is 7.05 Å². The number of pyridine rings is 1. The highest BCUT2D eigenvalue weighted by atomic mass is 16.2. The molecule has 1 aliphatic heterocycles. The third-order valence-electron chi connectivity index (χ3n) is 3.15. The molecule has 0 atom stereocenters. The van der Waals surface area contributed by atoms with Gasteiger partial charge >= 0.3 is 0 Å². The minimum absolute atomic E-state index is 0.186. The van der Waals surface area contributed by atoms with Crippen LogP contribution in [0, 0.1) is 0 Å². The molecule has 0 bridgehead atoms. The Morgan fingerprint density at radius 2 is 2.11 bits per heavy atom. The standard InChI is InChI=1S/C13H12N4O2/c1-16-12(18)5-4-10(15-16)13(19)17-7-9-3-2-6-14-11(9)8-17/h2-6H,7-8H2,1H3. The van der Waals surface area contributed by atoms with E-state index in [0.29, 0.717) is 13.1 Å². The van der Waals surface area contributed by atoms with Crippen LogP contribution < -0.4 is 5.56 Å². The molecule has 1 aliphatic rings. The summed E-state index contributed by atoms with van der Waals surface area (Å²) in [6.45, 7) is 1.02. The first kappa shape index (κ1) is 11.6. The van der Waals surface area contributed by atoms with Crippen LogP contribution in [0.5, 0.6) is 0 Å². The summed E-state index contributed by atoms with van der Waals surface area (Å²) in [6.07, 6.45) is 1.72. The second-order valence-electron chi connectivity index (χ2n) is 4.45. The van der Waals surface area contributed by atoms with Crippen LogP contribution in [0.4, 0.5) is 0 Å². The summed E-state index contributed by atoms with van der Waals surface area (Å²) in [5.41, 5.74) is 2.01. The van der Waals surface area contributed by atoms with E-state index in [0.717, 1.165) is 15.9 Å². The molecule has 1 amide bonds. The van der Waals surface area contributed by atoms with Gasteiger partial charge in [0.2, 0.25) is 0 Å². The Balaban J connectivity index is 1.87. The fraction of sp³-hybridized carbons (Fsp3) is 0.231. The number of carbonyl (C=O) groups excluding carboxylic acids is 1. The van der Waals surface area contributed by atoms with Gasteiger partial charge in [-0.05, 0) is 17.7 Å². The molecule has 0 radical (unpaired) electrons. The van der Waals surface area contributed by atoms with Crippen LogP contribution in [0.15, 0.2) is 35.3 Å². The Hall–Kier alpha value is -2.50. The van der Waals surface area contributed by atoms with Gasteiger partial charge in [0.25, 0.3) is 11.5 Å². The monoisotopic (exact) mass is 256 g/mol. The van der Waals surface area contributed by atoms with Crippen LogP contribution in [-0.4, -0.2) is 25.6 Å². The summed E-state index contributed by atoms with van der Waals surface area (Å²) in [6, 6.07) is 6.63. The SMILES string of the molecule is Cn1nc(C(=O)N2Cc3cccnc3C2)ccc1=O. The highest BCUT2D eigenvalue weighted by Gasteiger charge is 2.25. The molecule has 0 saturated heterocycles. The number of carbonyl (C=O) groups is 1. The normalized spacial score (nSPS) is 13.4. The molecule has 6 nitrogen and oxygen atoms in total. The first-order valence-corrected chi connectivity index (χ1v) is 5.91. The van der Waals surface area contributed by atoms with Crippen molar-refractivity contribution in [2.45, 2.75) is 13.1 Å². The topological polar surface area (TPSA) is 68.1 Å². The summed E-state index contributed by atoms with van der Waals surface area (Å²) in [7, 11) is 1.53. The summed E-state index contributed by atoms with van der Waals surface area (Å²) >= 11 is 0. The summed E-state index contributed by atoms with van der Waals surface area (Å²) in [5, 5.41) is 3.97. The molecule has 0 aromatic carbocycles. The van der Waals surface area contributed by atoms with Gasteiger partial charge in [-0.25, -0.2) is 4.68 Å². The number of hydrogen-bond acceptors (Lipinski definition) is 4. The average Bonchev–Trinajstić information content (AvgIpc) is 2.85. The summed E-state index contributed by atoms with van der Waals surface area (Å²) in [4.78, 5) is 29.5. The molecule has 0 fully saturated rings. The van der Waals surface area contributed by atoms with Crippen LogP contribution >= 0.6 is 0 Å². The van der Waals surface area contributed by atoms with E-state index in [2.05, 4.69) is 10.1 Å². The van der Waals surface area contributed by atoms with Crippen molar-refractivity contribution in [1.82, 2.24) is 19.7 Å². The lowest BCUT2D eigenvalue weighted by Gasteiger charge is -2.14. The van der Waals surface area contributed by atoms with Gasteiger partial charge in [0.05, 0.1) is 12.2 Å². The molecule has 3 rings (SSSR count). The van der Waals surface area contributed by atoms with Gasteiger partial charge in [-0.15, -0.1) is 0 Å². The number of aryl methyl sites for hydroxylation is 1. The lowest BCUT2D eigenvalue weighted by molar-refractivity contribution is 0.0742. The molecule has 19 heavy (non-hydrogen) atoms. The maximum Gasteiger partial charge on any atom is 0.274 e. The smallest absolute Gasteiger partial charge is 0.274 e. The fourth-order valence-electron chi connectivity index (χ4n) is 2.12. The van der Waals surface area contributed by atoms with Gasteiger partial charge in [0.15, 0.2) is 0 Å². The Kier molecular flexibility index (Phi) is 2.63. The van der Waals surface area contributed by atoms with Crippen molar-refractivity contribution < 1.29 is 4.79 Å². The number of fused-ring (bicyclic) bond motifs is 1. The van der Waals surface area contributed by atoms with E-state index >= 15 is 0 Å². The van der Waals surface area contributed by atoms with Crippen molar-refractivity contribution in [1.29, 1.82) is 0 Å². The molecule has 0 spiro atoms. The molecule has 2 aromatic rings. The van der Waals surface area contributed by atoms with Crippen molar-refractivity contribution in [3.05, 3.63) is 57.8 Å². The lowest BCUT2D eigenvalue weighted by Crippen LogP contribution is -2.29. The molecule has 0 aliphatic carbocycles. The molecule has 3 heterocycles. The van der Waals surface area contributed by atoms with E-state index in [1.165, 1.54) is 19.2 Å². The zero-order valence-corrected chi connectivity index (χ0v) is 10.4. The molecule has 2 aromatic heterocycles. The number of amides is 1. The molecule has 0 saturated carbocycles. The van der Waals surface area contributed by atoms with Crippen LogP contribution in [0.25, 0.3) is 0 Å². The number of nitrogens with zero attached hydrogens (tertiary/aromatic N) is 4. The Labute approximate surface area is 109 Å². The molecular formula is C13H12N4O2. The molecule has 0 unspecified atom stereocenters. The van der Waals surface area contributed by atoms with Crippen molar-refractivity contribution in [2.75, 3.05) is 0 Å². The van der Waals surface area contributed by atoms with Crippen LogP contribution in [0.3, 0.4) is 0 Å². The van der Waals surface area contributed by atoms with Crippen LogP contribution in [0.1, 0.15) is 21.7 Å². The second kappa shape index (κ2) is 4.31. The van der Waals surface area contributed by atoms with E-state index in [9.17, 15) is 9.59 Å². The first-order chi connectivity index (χ1) is 9.15. The van der Waals surface area contributed by atoms with E-state index in [-0.39, 0.29) is 17.2 Å². The van der Waals surface area contributed by atoms with Crippen LogP contribution in [0.2, 0.25) is 0 Å². The van der Waals surface area contributed by atoms with Gasteiger partial charge in [-0.1, -0.05) is 6.07 Å². The lowest BCUT2D eigenvalue weighted by atomic mass is 10.2. The maximum absolute atomic E-state index is 12.3. The summed E-state index contributed by atoms with van der Waals surface area (Å²) in [5.74, 6) is -0.186. The number of aromatic nitrogens is 3. The molecular weight excluding hydrogens is 244 g/mol. The highest BCUT2D eigenvalue weighted by molar-refractivity contribution is 5.92. The molecule has 96 valence electrons. The second-order valence-corrected chi connectivity index (χ2v) is 4.45. The minimum atomic E-state index is -0.233. The van der Waals surface area contributed by atoms with E-state index in [1.807, 2.05) is 12.1 Å². The quantitative estimate of drug-likeness (QED) is 0.737. The minimum Gasteiger partial charge on any atom is -0.327 e. The summed E-state index contributed by atoms with van der Waals surface area (Å²) < 4.78 is 1.16. The average molecular weight is 256 g/mol. The molecule has 0 N–H and O–H groups in total. The van der Waals surface area contributed by atoms with Gasteiger partial charge < -0.3 is 4.90 Å². The third-order valence-corrected chi connectivity index (χ3v) is 3.15. The number of hydrogen-bond donors (Lipinski definition) is 0. The van der Waals surface area contributed by atoms with Crippen molar-refractivity contribution >= 4 is 5.91 Å². The van der Waals surface area contributed by atoms with Gasteiger partial charge in [-0.3, -0.25) is 14.6 Å². The fourth-order valence-corrected chi connectivity index (χ4v) is 2.12. The van der Waals surface area contributed by atoms with E-state index in [1.54, 1.807) is 11.1 Å². The van der Waals surface area contributed by atoms with E-state index < -0.39 is 0 Å². The highest BCUT2D eigenvalue weighted by Crippen LogP contribution is 2.21. The largest absolute Gasteiger partial charge is 0.327 e. The number of rotatable bonds is 1. The Morgan fingerprint density at radius 1 is 1.26 bits per heavy atom. The van der Waals surface area contributed by atoms with Gasteiger partial charge in [0, 0.05) is 25.9 Å². The predicted molar refractivity (Wildman–Crippen MR) is 67.3 cm³/mol. The molecule has 6 heteroatoms.